The smallest absolute Gasteiger partial charge is 0.243 e. The van der Waals surface area contributed by atoms with E-state index >= 15 is 0 Å². The van der Waals surface area contributed by atoms with E-state index in [-0.39, 0.29) is 11.5 Å². The van der Waals surface area contributed by atoms with Crippen molar-refractivity contribution in [2.75, 3.05) is 7.05 Å². The molecule has 0 fully saturated rings. The summed E-state index contributed by atoms with van der Waals surface area (Å²) in [6.07, 6.45) is 0. The van der Waals surface area contributed by atoms with E-state index in [4.69, 9.17) is 5.73 Å². The zero-order chi connectivity index (χ0) is 14.8. The molecule has 19 heavy (non-hydrogen) atoms. The van der Waals surface area contributed by atoms with Gasteiger partial charge in [-0.2, -0.15) is 4.31 Å². The maximum atomic E-state index is 12.6. The molecule has 0 aromatic heterocycles. The summed E-state index contributed by atoms with van der Waals surface area (Å²) in [4.78, 5) is 0.300. The van der Waals surface area contributed by atoms with Gasteiger partial charge in [0, 0.05) is 19.6 Å². The molecule has 0 radical (unpaired) electrons. The second kappa shape index (κ2) is 5.61. The van der Waals surface area contributed by atoms with Crippen molar-refractivity contribution in [1.82, 2.24) is 4.31 Å². The molecule has 0 saturated carbocycles. The molecule has 0 amide bonds. The fourth-order valence-electron chi connectivity index (χ4n) is 1.75. The third kappa shape index (κ3) is 3.55. The minimum Gasteiger partial charge on any atom is -0.326 e. The highest BCUT2D eigenvalue weighted by Gasteiger charge is 2.32. The van der Waals surface area contributed by atoms with Crippen LogP contribution in [0.5, 0.6) is 0 Å². The number of nitrogens with zero attached hydrogens (tertiary/aromatic N) is 1. The first kappa shape index (κ1) is 16.1. The fraction of sp³-hybridized carbons (Fsp3) is 0.571. The molecule has 1 aromatic rings. The van der Waals surface area contributed by atoms with Crippen molar-refractivity contribution in [1.29, 1.82) is 0 Å². The van der Waals surface area contributed by atoms with E-state index in [9.17, 15) is 8.42 Å². The van der Waals surface area contributed by atoms with Gasteiger partial charge in [-0.15, -0.1) is 0 Å². The molecule has 2 N–H and O–H groups in total. The maximum Gasteiger partial charge on any atom is 0.243 e. The Morgan fingerprint density at radius 3 is 2.37 bits per heavy atom. The van der Waals surface area contributed by atoms with Crippen LogP contribution in [0.2, 0.25) is 0 Å². The molecule has 0 saturated heterocycles. The monoisotopic (exact) mass is 284 g/mol. The molecular weight excluding hydrogens is 260 g/mol. The Hall–Kier alpha value is -0.910. The summed E-state index contributed by atoms with van der Waals surface area (Å²) in [6.45, 7) is 8.34. The van der Waals surface area contributed by atoms with Crippen LogP contribution in [-0.4, -0.2) is 25.8 Å². The lowest BCUT2D eigenvalue weighted by Crippen LogP contribution is -2.42. The Balaban J connectivity index is 3.16. The molecule has 0 aliphatic carbocycles. The van der Waals surface area contributed by atoms with Crippen LogP contribution >= 0.6 is 0 Å². The van der Waals surface area contributed by atoms with E-state index in [2.05, 4.69) is 0 Å². The molecular formula is C14H24N2O2S. The van der Waals surface area contributed by atoms with E-state index in [1.807, 2.05) is 33.8 Å². The normalized spacial score (nSPS) is 14.7. The Labute approximate surface area is 116 Å². The standard InChI is InChI=1S/C14H24N2O2S/c1-11(14(2,3)4)16(5)19(17,18)13-8-6-7-12(9-13)10-15/h6-9,11H,10,15H2,1-5H3. The molecule has 0 aliphatic rings. The van der Waals surface area contributed by atoms with Gasteiger partial charge in [0.1, 0.15) is 0 Å². The highest BCUT2D eigenvalue weighted by atomic mass is 32.2. The lowest BCUT2D eigenvalue weighted by molar-refractivity contribution is 0.216. The van der Waals surface area contributed by atoms with E-state index in [1.54, 1.807) is 25.2 Å². The van der Waals surface area contributed by atoms with Crippen LogP contribution in [-0.2, 0) is 16.6 Å². The van der Waals surface area contributed by atoms with Gasteiger partial charge < -0.3 is 5.73 Å². The molecule has 4 nitrogen and oxygen atoms in total. The average molecular weight is 284 g/mol. The largest absolute Gasteiger partial charge is 0.326 e. The molecule has 5 heteroatoms. The second-order valence-corrected chi connectivity index (χ2v) is 7.91. The van der Waals surface area contributed by atoms with Gasteiger partial charge in [0.25, 0.3) is 0 Å². The van der Waals surface area contributed by atoms with Crippen molar-refractivity contribution in [2.24, 2.45) is 11.1 Å². The van der Waals surface area contributed by atoms with Crippen LogP contribution in [0.4, 0.5) is 0 Å². The van der Waals surface area contributed by atoms with E-state index in [0.29, 0.717) is 11.4 Å². The summed E-state index contributed by atoms with van der Waals surface area (Å²) < 4.78 is 26.6. The zero-order valence-electron chi connectivity index (χ0n) is 12.3. The Morgan fingerprint density at radius 2 is 1.89 bits per heavy atom. The van der Waals surface area contributed by atoms with Crippen molar-refractivity contribution in [3.63, 3.8) is 0 Å². The molecule has 0 aliphatic heterocycles. The molecule has 1 unspecified atom stereocenters. The van der Waals surface area contributed by atoms with Crippen LogP contribution in [0.25, 0.3) is 0 Å². The van der Waals surface area contributed by atoms with Crippen molar-refractivity contribution in [2.45, 2.75) is 45.2 Å². The van der Waals surface area contributed by atoms with Gasteiger partial charge in [-0.1, -0.05) is 32.9 Å². The lowest BCUT2D eigenvalue weighted by Gasteiger charge is -2.34. The van der Waals surface area contributed by atoms with Crippen molar-refractivity contribution in [3.8, 4) is 0 Å². The predicted octanol–water partition coefficient (Wildman–Crippen LogP) is 2.20. The predicted molar refractivity (Wildman–Crippen MR) is 78.2 cm³/mol. The summed E-state index contributed by atoms with van der Waals surface area (Å²) in [5, 5.41) is 0. The minimum absolute atomic E-state index is 0.0981. The summed E-state index contributed by atoms with van der Waals surface area (Å²) in [5.41, 5.74) is 6.26. The van der Waals surface area contributed by atoms with Crippen molar-refractivity contribution < 1.29 is 8.42 Å². The van der Waals surface area contributed by atoms with E-state index in [1.165, 1.54) is 4.31 Å². The number of rotatable bonds is 4. The quantitative estimate of drug-likeness (QED) is 0.922. The Morgan fingerprint density at radius 1 is 1.32 bits per heavy atom. The number of hydrogen-bond donors (Lipinski definition) is 1. The molecule has 1 atom stereocenters. The average Bonchev–Trinajstić information content (AvgIpc) is 2.35. The molecule has 1 aromatic carbocycles. The van der Waals surface area contributed by atoms with E-state index in [0.717, 1.165) is 5.56 Å². The van der Waals surface area contributed by atoms with Crippen molar-refractivity contribution >= 4 is 10.0 Å². The van der Waals surface area contributed by atoms with Gasteiger partial charge in [-0.25, -0.2) is 8.42 Å². The van der Waals surface area contributed by atoms with Crippen molar-refractivity contribution in [3.05, 3.63) is 29.8 Å². The zero-order valence-corrected chi connectivity index (χ0v) is 13.2. The molecule has 0 heterocycles. The molecule has 1 rings (SSSR count). The minimum atomic E-state index is -3.48. The van der Waals surface area contributed by atoms with Gasteiger partial charge in [0.2, 0.25) is 10.0 Å². The second-order valence-electron chi connectivity index (χ2n) is 5.91. The first-order chi connectivity index (χ1) is 8.60. The van der Waals surface area contributed by atoms with Gasteiger partial charge in [-0.05, 0) is 30.0 Å². The number of nitrogens with two attached hydrogens (primary N) is 1. The number of hydrogen-bond acceptors (Lipinski definition) is 3. The van der Waals surface area contributed by atoms with Crippen LogP contribution in [0.3, 0.4) is 0 Å². The van der Waals surface area contributed by atoms with Crippen LogP contribution < -0.4 is 5.73 Å². The first-order valence-electron chi connectivity index (χ1n) is 6.37. The van der Waals surface area contributed by atoms with Gasteiger partial charge in [0.05, 0.1) is 4.90 Å². The SMILES string of the molecule is CC(N(C)S(=O)(=O)c1cccc(CN)c1)C(C)(C)C. The number of sulfonamides is 1. The van der Waals surface area contributed by atoms with E-state index < -0.39 is 10.0 Å². The Bertz CT molecular complexity index is 533. The third-order valence-electron chi connectivity index (χ3n) is 3.61. The molecule has 108 valence electrons. The topological polar surface area (TPSA) is 63.4 Å². The van der Waals surface area contributed by atoms with Gasteiger partial charge in [0.15, 0.2) is 0 Å². The Kier molecular flexibility index (Phi) is 4.76. The fourth-order valence-corrected chi connectivity index (χ4v) is 3.37. The van der Waals surface area contributed by atoms with Gasteiger partial charge >= 0.3 is 0 Å². The van der Waals surface area contributed by atoms with Crippen LogP contribution in [0.1, 0.15) is 33.3 Å². The summed E-state index contributed by atoms with van der Waals surface area (Å²) in [6, 6.07) is 6.71. The highest BCUT2D eigenvalue weighted by Crippen LogP contribution is 2.27. The number of benzene rings is 1. The first-order valence-corrected chi connectivity index (χ1v) is 7.81. The van der Waals surface area contributed by atoms with Crippen LogP contribution in [0, 0.1) is 5.41 Å². The summed E-state index contributed by atoms with van der Waals surface area (Å²) >= 11 is 0. The van der Waals surface area contributed by atoms with Gasteiger partial charge in [-0.3, -0.25) is 0 Å². The summed E-state index contributed by atoms with van der Waals surface area (Å²) in [7, 11) is -1.85. The summed E-state index contributed by atoms with van der Waals surface area (Å²) in [5.74, 6) is 0. The highest BCUT2D eigenvalue weighted by molar-refractivity contribution is 7.89. The van der Waals surface area contributed by atoms with Crippen LogP contribution in [0.15, 0.2) is 29.2 Å². The maximum absolute atomic E-state index is 12.6. The third-order valence-corrected chi connectivity index (χ3v) is 5.53. The molecule has 0 spiro atoms. The lowest BCUT2D eigenvalue weighted by atomic mass is 9.88. The molecule has 0 bridgehead atoms.